The fourth-order valence-corrected chi connectivity index (χ4v) is 5.82. The van der Waals surface area contributed by atoms with Gasteiger partial charge in [-0.2, -0.15) is 0 Å². The Kier molecular flexibility index (Phi) is 7.26. The van der Waals surface area contributed by atoms with Gasteiger partial charge in [0.15, 0.2) is 16.6 Å². The van der Waals surface area contributed by atoms with E-state index in [1.807, 2.05) is 74.4 Å². The van der Waals surface area contributed by atoms with Crippen LogP contribution in [-0.2, 0) is 22.9 Å². The molecule has 214 valence electrons. The zero-order valence-corrected chi connectivity index (χ0v) is 24.3. The third-order valence-corrected chi connectivity index (χ3v) is 7.98. The summed E-state index contributed by atoms with van der Waals surface area (Å²) in [5, 5.41) is 10.9. The zero-order valence-electron chi connectivity index (χ0n) is 23.5. The molecule has 3 aromatic carbocycles. The third kappa shape index (κ3) is 4.71. The van der Waals surface area contributed by atoms with E-state index in [9.17, 15) is 9.90 Å². The van der Waals surface area contributed by atoms with Gasteiger partial charge in [0.2, 0.25) is 0 Å². The Morgan fingerprint density at radius 2 is 1.57 bits per heavy atom. The maximum atomic E-state index is 13.7. The minimum Gasteiger partial charge on any atom is -0.504 e. The van der Waals surface area contributed by atoms with E-state index in [0.717, 1.165) is 22.1 Å². The van der Waals surface area contributed by atoms with Crippen molar-refractivity contribution in [1.82, 2.24) is 28.9 Å². The van der Waals surface area contributed by atoms with Crippen LogP contribution in [0.5, 0.6) is 11.5 Å². The number of aromatic nitrogens is 4. The van der Waals surface area contributed by atoms with Crippen LogP contribution in [0.3, 0.4) is 0 Å². The molecule has 0 radical (unpaired) electrons. The molecule has 5 aromatic rings. The number of methoxy groups -OCH3 is 1. The summed E-state index contributed by atoms with van der Waals surface area (Å²) in [5.74, 6) is -0.158. The van der Waals surface area contributed by atoms with Gasteiger partial charge in [-0.3, -0.25) is 0 Å². The van der Waals surface area contributed by atoms with Crippen LogP contribution >= 0.6 is 12.2 Å². The van der Waals surface area contributed by atoms with E-state index in [-0.39, 0.29) is 12.4 Å². The summed E-state index contributed by atoms with van der Waals surface area (Å²) in [7, 11) is 1.49. The Bertz CT molecular complexity index is 1840. The number of hydrogen-bond acceptors (Lipinski definition) is 7. The first-order valence-electron chi connectivity index (χ1n) is 13.5. The van der Waals surface area contributed by atoms with Crippen LogP contribution in [0.1, 0.15) is 25.5 Å². The number of phenolic OH excluding ortho intramolecular Hbond substituents is 1. The topological polar surface area (TPSA) is 97.9 Å². The monoisotopic (exact) mass is 582 g/mol. The number of ether oxygens (including phenoxy) is 2. The largest absolute Gasteiger partial charge is 0.504 e. The fraction of sp³-hybridized carbons (Fsp3) is 0.226. The lowest BCUT2D eigenvalue weighted by Gasteiger charge is -2.45. The SMILES string of the molecule is CCOC(=O)C1=C(C)N(Cn2cnc3ccccc32)C(=S)N(Cn2cnc3ccccc32)C1c1ccc(O)c(OC)c1. The highest BCUT2D eigenvalue weighted by atomic mass is 32.1. The van der Waals surface area contributed by atoms with Crippen molar-refractivity contribution in [3.05, 3.63) is 96.2 Å². The maximum absolute atomic E-state index is 13.7. The number of imidazole rings is 2. The third-order valence-electron chi connectivity index (χ3n) is 7.52. The number of allylic oxidation sites excluding steroid dienone is 1. The van der Waals surface area contributed by atoms with Gasteiger partial charge in [-0.15, -0.1) is 0 Å². The average Bonchev–Trinajstić information content (AvgIpc) is 3.61. The van der Waals surface area contributed by atoms with E-state index in [2.05, 4.69) is 9.97 Å². The smallest absolute Gasteiger partial charge is 0.338 e. The van der Waals surface area contributed by atoms with Crippen LogP contribution in [0, 0.1) is 0 Å². The summed E-state index contributed by atoms with van der Waals surface area (Å²) < 4.78 is 15.1. The van der Waals surface area contributed by atoms with Gasteiger partial charge in [-0.05, 0) is 68.0 Å². The molecule has 6 rings (SSSR count). The number of rotatable bonds is 8. The Balaban J connectivity index is 1.53. The summed E-state index contributed by atoms with van der Waals surface area (Å²) in [6.45, 7) is 4.51. The van der Waals surface area contributed by atoms with Crippen molar-refractivity contribution in [3.8, 4) is 11.5 Å². The number of esters is 1. The van der Waals surface area contributed by atoms with Crippen LogP contribution in [0.4, 0.5) is 0 Å². The fourth-order valence-electron chi connectivity index (χ4n) is 5.46. The van der Waals surface area contributed by atoms with Crippen molar-refractivity contribution in [2.45, 2.75) is 33.2 Å². The van der Waals surface area contributed by atoms with Gasteiger partial charge in [-0.1, -0.05) is 30.3 Å². The number of para-hydroxylation sites is 4. The second-order valence-corrected chi connectivity index (χ2v) is 10.3. The molecular formula is C31H30N6O4S. The zero-order chi connectivity index (χ0) is 29.4. The predicted molar refractivity (Wildman–Crippen MR) is 162 cm³/mol. The molecule has 1 N–H and O–H groups in total. The highest BCUT2D eigenvalue weighted by Crippen LogP contribution is 2.41. The molecule has 0 saturated heterocycles. The number of nitrogens with zero attached hydrogens (tertiary/aromatic N) is 6. The maximum Gasteiger partial charge on any atom is 0.338 e. The molecule has 1 aliphatic heterocycles. The summed E-state index contributed by atoms with van der Waals surface area (Å²) in [5.41, 5.74) is 5.41. The minimum absolute atomic E-state index is 0.00112. The predicted octanol–water partition coefficient (Wildman–Crippen LogP) is 5.20. The number of carbonyl (C=O) groups excluding carboxylic acids is 1. The summed E-state index contributed by atoms with van der Waals surface area (Å²) >= 11 is 6.20. The molecule has 11 heteroatoms. The van der Waals surface area contributed by atoms with Gasteiger partial charge in [-0.25, -0.2) is 14.8 Å². The lowest BCUT2D eigenvalue weighted by Crippen LogP contribution is -2.51. The Labute approximate surface area is 248 Å². The molecule has 3 heterocycles. The van der Waals surface area contributed by atoms with Crippen molar-refractivity contribution in [3.63, 3.8) is 0 Å². The van der Waals surface area contributed by atoms with Gasteiger partial charge >= 0.3 is 5.97 Å². The van der Waals surface area contributed by atoms with Gasteiger partial charge < -0.3 is 33.5 Å². The van der Waals surface area contributed by atoms with Crippen LogP contribution < -0.4 is 4.74 Å². The molecule has 0 saturated carbocycles. The van der Waals surface area contributed by atoms with Crippen LogP contribution in [0.25, 0.3) is 22.1 Å². The first-order valence-corrected chi connectivity index (χ1v) is 13.9. The van der Waals surface area contributed by atoms with Gasteiger partial charge in [0.1, 0.15) is 6.67 Å². The molecule has 2 aromatic heterocycles. The lowest BCUT2D eigenvalue weighted by atomic mass is 9.93. The molecule has 10 nitrogen and oxygen atoms in total. The summed E-state index contributed by atoms with van der Waals surface area (Å²) in [6, 6.07) is 20.1. The van der Waals surface area contributed by atoms with Gasteiger partial charge in [0.05, 0.1) is 66.7 Å². The van der Waals surface area contributed by atoms with Crippen molar-refractivity contribution in [1.29, 1.82) is 0 Å². The average molecular weight is 583 g/mol. The van der Waals surface area contributed by atoms with Gasteiger partial charge in [0.25, 0.3) is 0 Å². The van der Waals surface area contributed by atoms with Crippen LogP contribution in [-0.4, -0.2) is 58.8 Å². The molecule has 1 atom stereocenters. The molecule has 0 spiro atoms. The second kappa shape index (κ2) is 11.2. The van der Waals surface area contributed by atoms with E-state index in [1.165, 1.54) is 7.11 Å². The van der Waals surface area contributed by atoms with Crippen molar-refractivity contribution in [2.24, 2.45) is 0 Å². The molecular weight excluding hydrogens is 552 g/mol. The number of fused-ring (bicyclic) bond motifs is 2. The van der Waals surface area contributed by atoms with E-state index < -0.39 is 12.0 Å². The van der Waals surface area contributed by atoms with E-state index in [0.29, 0.717) is 41.0 Å². The van der Waals surface area contributed by atoms with E-state index in [4.69, 9.17) is 21.7 Å². The minimum atomic E-state index is -0.636. The molecule has 42 heavy (non-hydrogen) atoms. The molecule has 0 amide bonds. The molecule has 1 unspecified atom stereocenters. The second-order valence-electron chi connectivity index (χ2n) is 9.92. The van der Waals surface area contributed by atoms with Crippen molar-refractivity contribution < 1.29 is 19.4 Å². The molecule has 0 fully saturated rings. The van der Waals surface area contributed by atoms with Crippen molar-refractivity contribution in [2.75, 3.05) is 13.7 Å². The molecule has 1 aliphatic rings. The summed E-state index contributed by atoms with van der Waals surface area (Å²) in [4.78, 5) is 26.8. The Morgan fingerprint density at radius 1 is 0.952 bits per heavy atom. The Hall–Kier alpha value is -4.90. The van der Waals surface area contributed by atoms with E-state index >= 15 is 0 Å². The van der Waals surface area contributed by atoms with Crippen LogP contribution in [0.2, 0.25) is 0 Å². The molecule has 0 aliphatic carbocycles. The van der Waals surface area contributed by atoms with Crippen LogP contribution in [0.15, 0.2) is 90.7 Å². The number of hydrogen-bond donors (Lipinski definition) is 1. The standard InChI is InChI=1S/C31H30N6O4S/c1-4-41-30(39)28-20(2)36(18-34-16-32-22-9-5-7-11-24(22)34)31(42)37(19-35-17-33-23-10-6-8-12-25(23)35)29(28)21-13-14-26(38)27(15-21)40-3/h5-17,29,38H,4,18-19H2,1-3H3. The lowest BCUT2D eigenvalue weighted by molar-refractivity contribution is -0.139. The number of thiocarbonyl (C=S) groups is 1. The van der Waals surface area contributed by atoms with Gasteiger partial charge in [0, 0.05) is 5.70 Å². The highest BCUT2D eigenvalue weighted by Gasteiger charge is 2.41. The Morgan fingerprint density at radius 3 is 2.19 bits per heavy atom. The van der Waals surface area contributed by atoms with E-state index in [1.54, 1.807) is 37.8 Å². The number of carbonyl (C=O) groups is 1. The first kappa shape index (κ1) is 27.3. The first-order chi connectivity index (χ1) is 20.4. The normalized spacial score (nSPS) is 15.6. The number of benzene rings is 3. The highest BCUT2D eigenvalue weighted by molar-refractivity contribution is 7.80. The molecule has 0 bridgehead atoms. The number of phenols is 1. The summed E-state index contributed by atoms with van der Waals surface area (Å²) in [6.07, 6.45) is 3.54. The number of aromatic hydroxyl groups is 1. The van der Waals surface area contributed by atoms with Crippen molar-refractivity contribution >= 4 is 45.4 Å². The quantitative estimate of drug-likeness (QED) is 0.196.